The molecule has 0 saturated carbocycles. The van der Waals surface area contributed by atoms with E-state index >= 15 is 0 Å². The summed E-state index contributed by atoms with van der Waals surface area (Å²) in [4.78, 5) is 0. The van der Waals surface area contributed by atoms with Crippen LogP contribution in [0.1, 0.15) is 50.4 Å². The Hall–Kier alpha value is -1.28. The fourth-order valence-corrected chi connectivity index (χ4v) is 2.61. The van der Waals surface area contributed by atoms with Crippen LogP contribution in [0.2, 0.25) is 0 Å². The molecule has 2 rings (SSSR count). The van der Waals surface area contributed by atoms with Gasteiger partial charge in [-0.15, -0.1) is 0 Å². The van der Waals surface area contributed by atoms with E-state index in [4.69, 9.17) is 0 Å². The number of rotatable bonds is 4. The summed E-state index contributed by atoms with van der Waals surface area (Å²) in [6, 6.07) is 7.39. The van der Waals surface area contributed by atoms with Gasteiger partial charge >= 0.3 is 0 Å². The van der Waals surface area contributed by atoms with E-state index in [9.17, 15) is 0 Å². The van der Waals surface area contributed by atoms with Crippen molar-refractivity contribution in [1.29, 1.82) is 0 Å². The highest BCUT2D eigenvalue weighted by molar-refractivity contribution is 5.86. The minimum Gasteiger partial charge on any atom is -0.346 e. The SMILES string of the molecule is Cc1c(CNC(C)C)n(C)c2ccc(C(C)C)cc12. The summed E-state index contributed by atoms with van der Waals surface area (Å²) >= 11 is 0. The number of fused-ring (bicyclic) bond motifs is 1. The zero-order valence-electron chi connectivity index (χ0n) is 13.0. The molecule has 1 aromatic carbocycles. The van der Waals surface area contributed by atoms with Gasteiger partial charge in [0.1, 0.15) is 0 Å². The van der Waals surface area contributed by atoms with E-state index < -0.39 is 0 Å². The number of hydrogen-bond acceptors (Lipinski definition) is 1. The first-order valence-electron chi connectivity index (χ1n) is 7.23. The van der Waals surface area contributed by atoms with E-state index in [-0.39, 0.29) is 0 Å². The summed E-state index contributed by atoms with van der Waals surface area (Å²) in [7, 11) is 2.17. The predicted molar refractivity (Wildman–Crippen MR) is 83.7 cm³/mol. The normalized spacial score (nSPS) is 12.0. The summed E-state index contributed by atoms with van der Waals surface area (Å²) in [6.07, 6.45) is 0. The van der Waals surface area contributed by atoms with Crippen LogP contribution in [0.15, 0.2) is 18.2 Å². The second kappa shape index (κ2) is 5.38. The lowest BCUT2D eigenvalue weighted by Gasteiger charge is -2.10. The Balaban J connectivity index is 2.49. The van der Waals surface area contributed by atoms with Crippen LogP contribution in [0.5, 0.6) is 0 Å². The van der Waals surface area contributed by atoms with Crippen LogP contribution >= 0.6 is 0 Å². The zero-order chi connectivity index (χ0) is 14.2. The minimum atomic E-state index is 0.517. The molecule has 104 valence electrons. The molecule has 1 N–H and O–H groups in total. The maximum atomic E-state index is 3.52. The van der Waals surface area contributed by atoms with E-state index in [1.807, 2.05) is 0 Å². The molecule has 0 atom stereocenters. The summed E-state index contributed by atoms with van der Waals surface area (Å²) in [5.74, 6) is 0.584. The first kappa shape index (κ1) is 14.1. The van der Waals surface area contributed by atoms with Gasteiger partial charge in [0, 0.05) is 36.2 Å². The highest BCUT2D eigenvalue weighted by Crippen LogP contribution is 2.28. The van der Waals surface area contributed by atoms with Gasteiger partial charge in [-0.05, 0) is 36.1 Å². The molecule has 0 aliphatic heterocycles. The number of nitrogens with one attached hydrogen (secondary N) is 1. The van der Waals surface area contributed by atoms with Crippen LogP contribution < -0.4 is 5.32 Å². The Kier molecular flexibility index (Phi) is 4.00. The van der Waals surface area contributed by atoms with E-state index in [1.165, 1.54) is 27.7 Å². The summed E-state index contributed by atoms with van der Waals surface area (Å²) in [6.45, 7) is 12.1. The van der Waals surface area contributed by atoms with Gasteiger partial charge in [0.25, 0.3) is 0 Å². The molecule has 2 nitrogen and oxygen atoms in total. The van der Waals surface area contributed by atoms with Gasteiger partial charge in [-0.1, -0.05) is 33.8 Å². The van der Waals surface area contributed by atoms with Crippen LogP contribution in [0.25, 0.3) is 10.9 Å². The van der Waals surface area contributed by atoms with Gasteiger partial charge in [0.05, 0.1) is 0 Å². The van der Waals surface area contributed by atoms with Crippen LogP contribution in [0.3, 0.4) is 0 Å². The molecular formula is C17H26N2. The van der Waals surface area contributed by atoms with Crippen LogP contribution in [-0.4, -0.2) is 10.6 Å². The summed E-state index contributed by atoms with van der Waals surface area (Å²) < 4.78 is 2.32. The number of benzene rings is 1. The highest BCUT2D eigenvalue weighted by atomic mass is 15.0. The molecule has 19 heavy (non-hydrogen) atoms. The number of nitrogens with zero attached hydrogens (tertiary/aromatic N) is 1. The maximum Gasteiger partial charge on any atom is 0.0483 e. The molecular weight excluding hydrogens is 232 g/mol. The lowest BCUT2D eigenvalue weighted by atomic mass is 10.0. The topological polar surface area (TPSA) is 17.0 Å². The lowest BCUT2D eigenvalue weighted by Crippen LogP contribution is -2.23. The average molecular weight is 258 g/mol. The van der Waals surface area contributed by atoms with Gasteiger partial charge in [-0.2, -0.15) is 0 Å². The average Bonchev–Trinajstić information content (AvgIpc) is 2.59. The van der Waals surface area contributed by atoms with Gasteiger partial charge < -0.3 is 9.88 Å². The van der Waals surface area contributed by atoms with Crippen LogP contribution in [0.4, 0.5) is 0 Å². The van der Waals surface area contributed by atoms with Crippen molar-refractivity contribution in [3.8, 4) is 0 Å². The molecule has 0 spiro atoms. The standard InChI is InChI=1S/C17H26N2/c1-11(2)14-7-8-16-15(9-14)13(5)17(19(16)6)10-18-12(3)4/h7-9,11-12,18H,10H2,1-6H3. The smallest absolute Gasteiger partial charge is 0.0483 e. The largest absolute Gasteiger partial charge is 0.346 e. The molecule has 0 unspecified atom stereocenters. The van der Waals surface area contributed by atoms with Crippen molar-refractivity contribution in [1.82, 2.24) is 9.88 Å². The van der Waals surface area contributed by atoms with E-state index in [1.54, 1.807) is 0 Å². The quantitative estimate of drug-likeness (QED) is 0.873. The van der Waals surface area contributed by atoms with Crippen molar-refractivity contribution in [2.45, 2.75) is 53.1 Å². The number of aromatic nitrogens is 1. The molecule has 2 heteroatoms. The number of aryl methyl sites for hydroxylation is 2. The maximum absolute atomic E-state index is 3.52. The van der Waals surface area contributed by atoms with Gasteiger partial charge in [-0.3, -0.25) is 0 Å². The Bertz CT molecular complexity index is 576. The van der Waals surface area contributed by atoms with Crippen molar-refractivity contribution in [2.24, 2.45) is 7.05 Å². The first-order valence-corrected chi connectivity index (χ1v) is 7.23. The second-order valence-corrected chi connectivity index (χ2v) is 6.10. The van der Waals surface area contributed by atoms with Gasteiger partial charge in [-0.25, -0.2) is 0 Å². The van der Waals surface area contributed by atoms with Crippen molar-refractivity contribution in [3.05, 3.63) is 35.0 Å². The Morgan fingerprint density at radius 2 is 1.84 bits per heavy atom. The van der Waals surface area contributed by atoms with Crippen LogP contribution in [-0.2, 0) is 13.6 Å². The molecule has 0 aliphatic carbocycles. The third-order valence-electron chi connectivity index (χ3n) is 3.97. The second-order valence-electron chi connectivity index (χ2n) is 6.10. The van der Waals surface area contributed by atoms with Gasteiger partial charge in [0.2, 0.25) is 0 Å². The molecule has 0 radical (unpaired) electrons. The molecule has 0 saturated heterocycles. The lowest BCUT2D eigenvalue weighted by molar-refractivity contribution is 0.571. The summed E-state index contributed by atoms with van der Waals surface area (Å²) in [5.41, 5.74) is 5.56. The Morgan fingerprint density at radius 3 is 2.42 bits per heavy atom. The molecule has 0 bridgehead atoms. The van der Waals surface area contributed by atoms with Gasteiger partial charge in [0.15, 0.2) is 0 Å². The summed E-state index contributed by atoms with van der Waals surface area (Å²) in [5, 5.41) is 4.92. The van der Waals surface area contributed by atoms with Crippen molar-refractivity contribution in [2.75, 3.05) is 0 Å². The molecule has 0 aliphatic rings. The fraction of sp³-hybridized carbons (Fsp3) is 0.529. The minimum absolute atomic E-state index is 0.517. The Labute approximate surface area is 116 Å². The first-order chi connectivity index (χ1) is 8.91. The molecule has 0 amide bonds. The molecule has 1 heterocycles. The third kappa shape index (κ3) is 2.69. The fourth-order valence-electron chi connectivity index (χ4n) is 2.61. The Morgan fingerprint density at radius 1 is 1.16 bits per heavy atom. The van der Waals surface area contributed by atoms with Crippen LogP contribution in [0, 0.1) is 6.92 Å². The van der Waals surface area contributed by atoms with Crippen molar-refractivity contribution >= 4 is 10.9 Å². The third-order valence-corrected chi connectivity index (χ3v) is 3.97. The zero-order valence-corrected chi connectivity index (χ0v) is 13.0. The number of hydrogen-bond donors (Lipinski definition) is 1. The monoisotopic (exact) mass is 258 g/mol. The van der Waals surface area contributed by atoms with E-state index in [2.05, 4.69) is 69.7 Å². The highest BCUT2D eigenvalue weighted by Gasteiger charge is 2.12. The van der Waals surface area contributed by atoms with Crippen molar-refractivity contribution < 1.29 is 0 Å². The molecule has 1 aromatic heterocycles. The predicted octanol–water partition coefficient (Wildman–Crippen LogP) is 4.11. The van der Waals surface area contributed by atoms with E-state index in [0.717, 1.165) is 6.54 Å². The molecule has 0 fully saturated rings. The van der Waals surface area contributed by atoms with E-state index in [0.29, 0.717) is 12.0 Å². The van der Waals surface area contributed by atoms with Crippen molar-refractivity contribution in [3.63, 3.8) is 0 Å². The molecule has 2 aromatic rings.